The summed E-state index contributed by atoms with van der Waals surface area (Å²) in [5, 5.41) is 0. The van der Waals surface area contributed by atoms with Gasteiger partial charge in [-0.25, -0.2) is 0 Å². The van der Waals surface area contributed by atoms with Crippen molar-refractivity contribution in [2.24, 2.45) is 0 Å². The van der Waals surface area contributed by atoms with Crippen LogP contribution >= 0.6 is 0 Å². The third-order valence-corrected chi connectivity index (χ3v) is 7.36. The molecular formula is C32H22O3. The van der Waals surface area contributed by atoms with Gasteiger partial charge in [0.25, 0.3) is 0 Å². The van der Waals surface area contributed by atoms with Crippen molar-refractivity contribution in [2.45, 2.75) is 18.3 Å². The standard InChI is InChI=1S/C32H22O3/c1-20(33)32-25-18-10-8-16-23(25)27(24-17-9-11-19-26(24)32)28(30(34)21-12-4-2-5-13-21)29(32)31(35)22-14-6-3-7-15-22/h2-19,27H,1H3. The minimum atomic E-state index is -1.35. The number of rotatable bonds is 5. The lowest BCUT2D eigenvalue weighted by Crippen LogP contribution is -2.50. The van der Waals surface area contributed by atoms with Crippen molar-refractivity contribution in [1.82, 2.24) is 0 Å². The maximum absolute atomic E-state index is 14.3. The van der Waals surface area contributed by atoms with E-state index in [1.54, 1.807) is 36.4 Å². The van der Waals surface area contributed by atoms with Crippen LogP contribution < -0.4 is 0 Å². The molecular weight excluding hydrogens is 432 g/mol. The molecule has 168 valence electrons. The topological polar surface area (TPSA) is 51.2 Å². The van der Waals surface area contributed by atoms with Gasteiger partial charge < -0.3 is 0 Å². The number of hydrogen-bond acceptors (Lipinski definition) is 3. The predicted octanol–water partition coefficient (Wildman–Crippen LogP) is 6.08. The summed E-state index contributed by atoms with van der Waals surface area (Å²) in [6, 6.07) is 33.4. The fraction of sp³-hybridized carbons (Fsp3) is 0.0938. The molecule has 0 saturated carbocycles. The first kappa shape index (κ1) is 21.2. The lowest BCUT2D eigenvalue weighted by Gasteiger charge is -2.49. The average molecular weight is 455 g/mol. The molecule has 7 rings (SSSR count). The molecule has 0 amide bonds. The normalized spacial score (nSPS) is 19.6. The molecule has 0 spiro atoms. The number of ketones is 3. The van der Waals surface area contributed by atoms with E-state index >= 15 is 0 Å². The zero-order valence-corrected chi connectivity index (χ0v) is 19.2. The molecule has 3 nitrogen and oxygen atoms in total. The minimum absolute atomic E-state index is 0.173. The van der Waals surface area contributed by atoms with Crippen molar-refractivity contribution in [3.8, 4) is 0 Å². The Bertz CT molecular complexity index is 1500. The van der Waals surface area contributed by atoms with E-state index in [0.717, 1.165) is 22.3 Å². The molecule has 0 unspecified atom stereocenters. The fourth-order valence-corrected chi connectivity index (χ4v) is 5.99. The molecule has 3 heteroatoms. The number of Topliss-reactive ketones (excluding diaryl/α,β-unsaturated/α-hetero) is 3. The summed E-state index contributed by atoms with van der Waals surface area (Å²) in [4.78, 5) is 42.4. The molecule has 0 saturated heterocycles. The quantitative estimate of drug-likeness (QED) is 0.343. The van der Waals surface area contributed by atoms with Gasteiger partial charge in [0.1, 0.15) is 11.2 Å². The molecule has 0 aliphatic heterocycles. The Morgan fingerprint density at radius 1 is 0.571 bits per heavy atom. The number of carbonyl (C=O) groups excluding carboxylic acids is 3. The van der Waals surface area contributed by atoms with Gasteiger partial charge in [-0.3, -0.25) is 14.4 Å². The van der Waals surface area contributed by atoms with E-state index in [2.05, 4.69) is 0 Å². The van der Waals surface area contributed by atoms with Crippen molar-refractivity contribution in [2.75, 3.05) is 0 Å². The number of hydrogen-bond donors (Lipinski definition) is 0. The van der Waals surface area contributed by atoms with Crippen LogP contribution in [0.1, 0.15) is 55.8 Å². The molecule has 4 aromatic rings. The Balaban J connectivity index is 1.78. The van der Waals surface area contributed by atoms with Crippen molar-refractivity contribution < 1.29 is 14.4 Å². The van der Waals surface area contributed by atoms with Crippen LogP contribution in [0.4, 0.5) is 0 Å². The van der Waals surface area contributed by atoms with Gasteiger partial charge in [-0.2, -0.15) is 0 Å². The molecule has 0 N–H and O–H groups in total. The molecule has 0 radical (unpaired) electrons. The van der Waals surface area contributed by atoms with Gasteiger partial charge in [0.15, 0.2) is 11.6 Å². The van der Waals surface area contributed by atoms with Gasteiger partial charge in [0.2, 0.25) is 0 Å². The van der Waals surface area contributed by atoms with E-state index in [9.17, 15) is 14.4 Å². The van der Waals surface area contributed by atoms with Crippen LogP contribution in [0, 0.1) is 0 Å². The Morgan fingerprint density at radius 2 is 1.00 bits per heavy atom. The molecule has 2 bridgehead atoms. The molecule has 3 aliphatic rings. The molecule has 0 heterocycles. The zero-order valence-electron chi connectivity index (χ0n) is 19.2. The van der Waals surface area contributed by atoms with Crippen molar-refractivity contribution in [1.29, 1.82) is 0 Å². The van der Waals surface area contributed by atoms with Crippen LogP contribution in [-0.2, 0) is 10.2 Å². The lowest BCUT2D eigenvalue weighted by molar-refractivity contribution is -0.120. The van der Waals surface area contributed by atoms with Gasteiger partial charge in [-0.15, -0.1) is 0 Å². The van der Waals surface area contributed by atoms with Crippen LogP contribution in [0.2, 0.25) is 0 Å². The van der Waals surface area contributed by atoms with E-state index in [1.807, 2.05) is 72.8 Å². The van der Waals surface area contributed by atoms with Crippen molar-refractivity contribution in [3.63, 3.8) is 0 Å². The van der Waals surface area contributed by atoms with Crippen LogP contribution in [0.25, 0.3) is 0 Å². The third kappa shape index (κ3) is 2.82. The maximum atomic E-state index is 14.3. The minimum Gasteiger partial charge on any atom is -0.298 e. The number of carbonyl (C=O) groups is 3. The van der Waals surface area contributed by atoms with Gasteiger partial charge in [-0.1, -0.05) is 109 Å². The largest absolute Gasteiger partial charge is 0.298 e. The summed E-state index contributed by atoms with van der Waals surface area (Å²) in [6.07, 6.45) is 0. The number of benzene rings is 4. The summed E-state index contributed by atoms with van der Waals surface area (Å²) in [6.45, 7) is 1.53. The molecule has 4 aromatic carbocycles. The average Bonchev–Trinajstić information content (AvgIpc) is 2.92. The highest BCUT2D eigenvalue weighted by atomic mass is 16.1. The van der Waals surface area contributed by atoms with Gasteiger partial charge in [0, 0.05) is 28.2 Å². The summed E-state index contributed by atoms with van der Waals surface area (Å²) < 4.78 is 0. The zero-order chi connectivity index (χ0) is 24.2. The van der Waals surface area contributed by atoms with E-state index in [4.69, 9.17) is 0 Å². The highest BCUT2D eigenvalue weighted by molar-refractivity contribution is 6.25. The van der Waals surface area contributed by atoms with E-state index in [1.165, 1.54) is 6.92 Å². The Morgan fingerprint density at radius 3 is 1.49 bits per heavy atom. The summed E-state index contributed by atoms with van der Waals surface area (Å²) in [5.74, 6) is -1.11. The van der Waals surface area contributed by atoms with Crippen molar-refractivity contribution >= 4 is 17.3 Å². The SMILES string of the molecule is CC(=O)C12C(C(=O)c3ccccc3)=C(C(=O)c3ccccc3)C(c3ccccc31)c1ccccc12. The molecule has 3 aliphatic carbocycles. The molecule has 0 atom stereocenters. The van der Waals surface area contributed by atoms with Crippen LogP contribution in [0.15, 0.2) is 120 Å². The van der Waals surface area contributed by atoms with E-state index < -0.39 is 11.3 Å². The number of allylic oxidation sites excluding steroid dienone is 2. The van der Waals surface area contributed by atoms with E-state index in [0.29, 0.717) is 16.7 Å². The van der Waals surface area contributed by atoms with Crippen LogP contribution in [0.5, 0.6) is 0 Å². The van der Waals surface area contributed by atoms with Gasteiger partial charge in [0.05, 0.1) is 0 Å². The third-order valence-electron chi connectivity index (χ3n) is 7.36. The molecule has 0 fully saturated rings. The Labute approximate surface area is 203 Å². The smallest absolute Gasteiger partial charge is 0.191 e. The monoisotopic (exact) mass is 454 g/mol. The van der Waals surface area contributed by atoms with Gasteiger partial charge in [-0.05, 0) is 29.2 Å². The fourth-order valence-electron chi connectivity index (χ4n) is 5.99. The summed E-state index contributed by atoms with van der Waals surface area (Å²) in [7, 11) is 0. The lowest BCUT2D eigenvalue weighted by atomic mass is 9.50. The van der Waals surface area contributed by atoms with Crippen molar-refractivity contribution in [3.05, 3.63) is 154 Å². The molecule has 35 heavy (non-hydrogen) atoms. The molecule has 0 aromatic heterocycles. The Hall–Kier alpha value is -4.37. The first-order valence-corrected chi connectivity index (χ1v) is 11.7. The first-order valence-electron chi connectivity index (χ1n) is 11.7. The maximum Gasteiger partial charge on any atom is 0.191 e. The predicted molar refractivity (Wildman–Crippen MR) is 135 cm³/mol. The highest BCUT2D eigenvalue weighted by Crippen LogP contribution is 2.60. The summed E-state index contributed by atoms with van der Waals surface area (Å²) in [5.41, 5.74) is 3.70. The second kappa shape index (κ2) is 7.85. The Kier molecular flexibility index (Phi) is 4.75. The van der Waals surface area contributed by atoms with Crippen LogP contribution in [-0.4, -0.2) is 17.3 Å². The first-order chi connectivity index (χ1) is 17.1. The van der Waals surface area contributed by atoms with Crippen LogP contribution in [0.3, 0.4) is 0 Å². The van der Waals surface area contributed by atoms with Gasteiger partial charge >= 0.3 is 0 Å². The van der Waals surface area contributed by atoms with E-state index in [-0.39, 0.29) is 22.9 Å². The second-order valence-electron chi connectivity index (χ2n) is 9.09. The highest BCUT2D eigenvalue weighted by Gasteiger charge is 2.58. The second-order valence-corrected chi connectivity index (χ2v) is 9.09. The summed E-state index contributed by atoms with van der Waals surface area (Å²) >= 11 is 0.